The van der Waals surface area contributed by atoms with Crippen LogP contribution in [0.2, 0.25) is 0 Å². The average molecular weight is 478 g/mol. The third-order valence-corrected chi connectivity index (χ3v) is 6.96. The van der Waals surface area contributed by atoms with Crippen molar-refractivity contribution in [2.45, 2.75) is 20.3 Å². The zero-order valence-corrected chi connectivity index (χ0v) is 20.2. The van der Waals surface area contributed by atoms with Gasteiger partial charge in [-0.25, -0.2) is 8.42 Å². The molecule has 0 bridgehead atoms. The molecule has 0 aliphatic rings. The summed E-state index contributed by atoms with van der Waals surface area (Å²) >= 11 is 0. The molecule has 4 rings (SSSR count). The number of nitrogens with zero attached hydrogens (tertiary/aromatic N) is 1. The highest BCUT2D eigenvalue weighted by Gasteiger charge is 2.26. The first-order chi connectivity index (χ1) is 16.2. The first-order valence-electron chi connectivity index (χ1n) is 11.1. The summed E-state index contributed by atoms with van der Waals surface area (Å²) in [5, 5.41) is 10.2. The summed E-state index contributed by atoms with van der Waals surface area (Å²) in [7, 11) is -3.70. The molecule has 0 radical (unpaired) electrons. The van der Waals surface area contributed by atoms with Gasteiger partial charge in [0.15, 0.2) is 5.78 Å². The molecule has 1 N–H and O–H groups in total. The van der Waals surface area contributed by atoms with Gasteiger partial charge in [-0.15, -0.1) is 0 Å². The zero-order chi connectivity index (χ0) is 24.5. The Hall–Kier alpha value is -3.42. The van der Waals surface area contributed by atoms with E-state index in [9.17, 15) is 18.3 Å². The van der Waals surface area contributed by atoms with E-state index in [2.05, 4.69) is 0 Å². The number of ketones is 1. The SMILES string of the molecule is CCC(=O)c1c(-c2ccc(C)cc2)oc2cc(N(CCO)S(C)(=O)=O)c(-c3ccccc3)cc12. The highest BCUT2D eigenvalue weighted by atomic mass is 32.2. The number of fused-ring (bicyclic) bond motifs is 1. The van der Waals surface area contributed by atoms with Crippen molar-refractivity contribution < 1.29 is 22.7 Å². The fourth-order valence-electron chi connectivity index (χ4n) is 4.11. The molecule has 7 heteroatoms. The number of hydrogen-bond acceptors (Lipinski definition) is 5. The lowest BCUT2D eigenvalue weighted by molar-refractivity contribution is 0.0989. The summed E-state index contributed by atoms with van der Waals surface area (Å²) in [4.78, 5) is 13.1. The van der Waals surface area contributed by atoms with Crippen LogP contribution in [-0.2, 0) is 10.0 Å². The van der Waals surface area contributed by atoms with Crippen molar-refractivity contribution in [3.05, 3.63) is 77.9 Å². The molecule has 176 valence electrons. The molecule has 1 aromatic heterocycles. The van der Waals surface area contributed by atoms with E-state index in [1.54, 1.807) is 13.0 Å². The average Bonchev–Trinajstić information content (AvgIpc) is 3.20. The quantitative estimate of drug-likeness (QED) is 0.342. The number of furan rings is 1. The summed E-state index contributed by atoms with van der Waals surface area (Å²) in [6.45, 7) is 3.35. The highest BCUT2D eigenvalue weighted by molar-refractivity contribution is 7.92. The van der Waals surface area contributed by atoms with E-state index < -0.39 is 10.0 Å². The Morgan fingerprint density at radius 2 is 1.68 bits per heavy atom. The Labute approximate surface area is 199 Å². The van der Waals surface area contributed by atoms with Gasteiger partial charge in [0.25, 0.3) is 0 Å². The molecule has 0 aliphatic heterocycles. The highest BCUT2D eigenvalue weighted by Crippen LogP contribution is 2.41. The van der Waals surface area contributed by atoms with Gasteiger partial charge in [0.05, 0.1) is 30.7 Å². The van der Waals surface area contributed by atoms with Crippen LogP contribution in [0.5, 0.6) is 0 Å². The van der Waals surface area contributed by atoms with Crippen LogP contribution in [0.25, 0.3) is 33.4 Å². The number of benzene rings is 3. The molecule has 1 heterocycles. The second kappa shape index (κ2) is 9.44. The summed E-state index contributed by atoms with van der Waals surface area (Å²) in [6, 6.07) is 20.6. The smallest absolute Gasteiger partial charge is 0.232 e. The number of aliphatic hydroxyl groups is 1. The van der Waals surface area contributed by atoms with Gasteiger partial charge in [-0.3, -0.25) is 9.10 Å². The minimum atomic E-state index is -3.70. The Bertz CT molecular complexity index is 1440. The molecule has 6 nitrogen and oxygen atoms in total. The van der Waals surface area contributed by atoms with Gasteiger partial charge in [-0.1, -0.05) is 67.1 Å². The number of sulfonamides is 1. The van der Waals surface area contributed by atoms with Crippen LogP contribution < -0.4 is 4.31 Å². The maximum absolute atomic E-state index is 13.1. The molecule has 3 aromatic carbocycles. The van der Waals surface area contributed by atoms with Gasteiger partial charge >= 0.3 is 0 Å². The van der Waals surface area contributed by atoms with Crippen molar-refractivity contribution in [3.8, 4) is 22.5 Å². The van der Waals surface area contributed by atoms with Gasteiger partial charge in [0, 0.05) is 29.0 Å². The van der Waals surface area contributed by atoms with Gasteiger partial charge in [-0.2, -0.15) is 0 Å². The fourth-order valence-corrected chi connectivity index (χ4v) is 5.03. The Balaban J connectivity index is 2.08. The lowest BCUT2D eigenvalue weighted by Gasteiger charge is -2.24. The molecule has 0 amide bonds. The molecular formula is C27H27NO5S. The number of rotatable bonds is 8. The molecule has 0 aliphatic carbocycles. The van der Waals surface area contributed by atoms with Crippen LogP contribution in [0.1, 0.15) is 29.3 Å². The van der Waals surface area contributed by atoms with Crippen LogP contribution in [0.4, 0.5) is 5.69 Å². The molecule has 34 heavy (non-hydrogen) atoms. The minimum Gasteiger partial charge on any atom is -0.455 e. The van der Waals surface area contributed by atoms with E-state index in [0.717, 1.165) is 22.9 Å². The van der Waals surface area contributed by atoms with E-state index in [-0.39, 0.29) is 18.9 Å². The van der Waals surface area contributed by atoms with Crippen molar-refractivity contribution in [2.24, 2.45) is 0 Å². The van der Waals surface area contributed by atoms with E-state index in [1.165, 1.54) is 4.31 Å². The Morgan fingerprint density at radius 1 is 1.00 bits per heavy atom. The number of anilines is 1. The number of carbonyl (C=O) groups is 1. The van der Waals surface area contributed by atoms with Gasteiger partial charge in [0.1, 0.15) is 11.3 Å². The second-order valence-corrected chi connectivity index (χ2v) is 10.1. The Morgan fingerprint density at radius 3 is 2.26 bits per heavy atom. The second-order valence-electron chi connectivity index (χ2n) is 8.24. The summed E-state index contributed by atoms with van der Waals surface area (Å²) in [5.41, 5.74) is 4.57. The topological polar surface area (TPSA) is 87.8 Å². The summed E-state index contributed by atoms with van der Waals surface area (Å²) in [6.07, 6.45) is 1.41. The van der Waals surface area contributed by atoms with Crippen molar-refractivity contribution in [2.75, 3.05) is 23.7 Å². The number of aryl methyl sites for hydroxylation is 1. The van der Waals surface area contributed by atoms with Gasteiger partial charge in [-0.05, 0) is 18.6 Å². The molecule has 0 spiro atoms. The molecule has 0 saturated heterocycles. The van der Waals surface area contributed by atoms with Crippen molar-refractivity contribution in [3.63, 3.8) is 0 Å². The molecule has 0 fully saturated rings. The molecule has 4 aromatic rings. The molecule has 0 unspecified atom stereocenters. The van der Waals surface area contributed by atoms with E-state index in [0.29, 0.717) is 40.0 Å². The van der Waals surface area contributed by atoms with Crippen LogP contribution in [0.15, 0.2) is 71.1 Å². The number of aliphatic hydroxyl groups excluding tert-OH is 1. The lowest BCUT2D eigenvalue weighted by Crippen LogP contribution is -2.33. The van der Waals surface area contributed by atoms with Crippen LogP contribution >= 0.6 is 0 Å². The molecule has 0 saturated carbocycles. The standard InChI is InChI=1S/C27H27NO5S/c1-4-24(30)26-22-16-21(19-8-6-5-7-9-19)23(28(14-15-29)34(3,31)32)17-25(22)33-27(26)20-12-10-18(2)11-13-20/h5-13,16-17,29H,4,14-15H2,1-3H3. The van der Waals surface area contributed by atoms with Crippen molar-refractivity contribution >= 4 is 32.5 Å². The maximum Gasteiger partial charge on any atom is 0.232 e. The van der Waals surface area contributed by atoms with E-state index in [4.69, 9.17) is 4.42 Å². The van der Waals surface area contributed by atoms with Crippen molar-refractivity contribution in [1.82, 2.24) is 0 Å². The van der Waals surface area contributed by atoms with Crippen LogP contribution in [-0.4, -0.2) is 38.7 Å². The molecular weight excluding hydrogens is 450 g/mol. The van der Waals surface area contributed by atoms with Gasteiger partial charge in [0.2, 0.25) is 10.0 Å². The number of Topliss-reactive ketones (excluding diaryl/α,β-unsaturated/α-hetero) is 1. The summed E-state index contributed by atoms with van der Waals surface area (Å²) < 4.78 is 32.7. The van der Waals surface area contributed by atoms with Crippen LogP contribution in [0.3, 0.4) is 0 Å². The monoisotopic (exact) mass is 477 g/mol. The Kier molecular flexibility index (Phi) is 6.59. The molecule has 0 atom stereocenters. The fraction of sp³-hybridized carbons (Fsp3) is 0.222. The van der Waals surface area contributed by atoms with Crippen LogP contribution in [0, 0.1) is 6.92 Å². The first-order valence-corrected chi connectivity index (χ1v) is 12.9. The predicted molar refractivity (Wildman–Crippen MR) is 136 cm³/mol. The number of carbonyl (C=O) groups excluding carboxylic acids is 1. The summed E-state index contributed by atoms with van der Waals surface area (Å²) in [5.74, 6) is 0.405. The third kappa shape index (κ3) is 4.49. The normalized spacial score (nSPS) is 11.6. The maximum atomic E-state index is 13.1. The van der Waals surface area contributed by atoms with E-state index in [1.807, 2.05) is 67.6 Å². The largest absolute Gasteiger partial charge is 0.455 e. The minimum absolute atomic E-state index is 0.0589. The number of hydrogen-bond donors (Lipinski definition) is 1. The first kappa shape index (κ1) is 23.7. The third-order valence-electron chi connectivity index (χ3n) is 5.78. The predicted octanol–water partition coefficient (Wildman–Crippen LogP) is 5.43. The van der Waals surface area contributed by atoms with E-state index >= 15 is 0 Å². The van der Waals surface area contributed by atoms with Gasteiger partial charge < -0.3 is 9.52 Å². The van der Waals surface area contributed by atoms with Crippen molar-refractivity contribution in [1.29, 1.82) is 0 Å². The zero-order valence-electron chi connectivity index (χ0n) is 19.4. The lowest BCUT2D eigenvalue weighted by atomic mass is 9.96.